The number of Topliss-reactive ketones (excluding diaryl/α,β-unsaturated/α-hetero) is 1. The Kier molecular flexibility index (Phi) is 7.66. The predicted octanol–water partition coefficient (Wildman–Crippen LogP) is 1.79. The average Bonchev–Trinajstić information content (AvgIpc) is 3.74. The summed E-state index contributed by atoms with van der Waals surface area (Å²) in [5.74, 6) is -4.65. The summed E-state index contributed by atoms with van der Waals surface area (Å²) in [5.41, 5.74) is 7.56. The van der Waals surface area contributed by atoms with Gasteiger partial charge in [0.25, 0.3) is 16.0 Å². The molecule has 0 unspecified atom stereocenters. The molecule has 14 nitrogen and oxygen atoms in total. The van der Waals surface area contributed by atoms with Crippen molar-refractivity contribution in [2.24, 2.45) is 23.7 Å². The number of ketones is 1. The molecule has 8 rings (SSSR count). The Morgan fingerprint density at radius 2 is 1.62 bits per heavy atom. The zero-order valence-electron chi connectivity index (χ0n) is 30.7. The van der Waals surface area contributed by atoms with Crippen LogP contribution in [0, 0.1) is 37.5 Å². The molecule has 0 radical (unpaired) electrons. The minimum Gasteiger partial charge on any atom is -0.481 e. The molecular formula is C38H43N5O9S+2. The lowest BCUT2D eigenvalue weighted by atomic mass is 9.83. The summed E-state index contributed by atoms with van der Waals surface area (Å²) >= 11 is 0. The molecule has 53 heavy (non-hydrogen) atoms. The second-order valence-corrected chi connectivity index (χ2v) is 16.6. The van der Waals surface area contributed by atoms with Crippen LogP contribution in [0.25, 0.3) is 23.8 Å². The van der Waals surface area contributed by atoms with Crippen molar-refractivity contribution in [1.29, 1.82) is 0 Å². The number of carboxylic acid groups (broad SMARTS) is 1. The third kappa shape index (κ3) is 4.43. The molecule has 15 heteroatoms. The minimum atomic E-state index is -4.38. The lowest BCUT2D eigenvalue weighted by Crippen LogP contribution is -2.70. The number of aliphatic carboxylic acids is 1. The molecule has 0 aromatic carbocycles. The molecule has 2 aromatic heterocycles. The number of carboxylic acids is 1. The number of hydrogen-bond acceptors (Lipinski definition) is 7. The maximum Gasteiger partial charge on any atom is 0.552 e. The van der Waals surface area contributed by atoms with Crippen molar-refractivity contribution >= 4 is 69.0 Å². The Hall–Kier alpha value is -4.89. The van der Waals surface area contributed by atoms with E-state index in [0.29, 0.717) is 28.1 Å². The quantitative estimate of drug-likeness (QED) is 0.134. The molecule has 0 saturated carbocycles. The Balaban J connectivity index is 1.58. The van der Waals surface area contributed by atoms with Crippen LogP contribution < -0.4 is 16.0 Å². The van der Waals surface area contributed by atoms with Gasteiger partial charge in [0.05, 0.1) is 76.2 Å². The smallest absolute Gasteiger partial charge is 0.481 e. The summed E-state index contributed by atoms with van der Waals surface area (Å²) in [6, 6.07) is 0. The third-order valence-electron chi connectivity index (χ3n) is 12.4. The van der Waals surface area contributed by atoms with E-state index >= 15 is 0 Å². The summed E-state index contributed by atoms with van der Waals surface area (Å²) in [6.45, 7) is 11.4. The zero-order valence-corrected chi connectivity index (χ0v) is 31.5. The first kappa shape index (κ1) is 35.2. The molecule has 2 aromatic rings. The highest BCUT2D eigenvalue weighted by Gasteiger charge is 2.76. The van der Waals surface area contributed by atoms with Gasteiger partial charge in [-0.05, 0) is 44.7 Å². The van der Waals surface area contributed by atoms with E-state index in [1.54, 1.807) is 6.92 Å². The number of amides is 1. The minimum absolute atomic E-state index is 0.0467. The van der Waals surface area contributed by atoms with Crippen molar-refractivity contribution in [1.82, 2.24) is 14.5 Å². The van der Waals surface area contributed by atoms with E-state index in [9.17, 15) is 37.3 Å². The van der Waals surface area contributed by atoms with Gasteiger partial charge in [0, 0.05) is 36.8 Å². The van der Waals surface area contributed by atoms with Crippen LogP contribution in [0.2, 0.25) is 0 Å². The molecule has 0 aliphatic carbocycles. The number of esters is 1. The fourth-order valence-corrected chi connectivity index (χ4v) is 10.6. The lowest BCUT2D eigenvalue weighted by molar-refractivity contribution is -0.838. The maximum absolute atomic E-state index is 14.5. The van der Waals surface area contributed by atoms with Gasteiger partial charge in [-0.15, -0.1) is 0 Å². The Labute approximate surface area is 305 Å². The first-order valence-electron chi connectivity index (χ1n) is 18.0. The van der Waals surface area contributed by atoms with Crippen LogP contribution in [-0.4, -0.2) is 90.8 Å². The van der Waals surface area contributed by atoms with Gasteiger partial charge in [-0.25, -0.2) is 0 Å². The second kappa shape index (κ2) is 11.6. The topological polar surface area (TPSA) is 180 Å². The van der Waals surface area contributed by atoms with Crippen LogP contribution in [0.4, 0.5) is 0 Å². The van der Waals surface area contributed by atoms with Gasteiger partial charge >= 0.3 is 17.8 Å². The standard InChI is InChI=1S/C38H41N5O9S/c1-8-22-17(2)25-16-30-33(21(6)44)19(4)27-14-26-18(3)23(9-10-31(45)46)35-24(13-32(47)52-7)36-34(37(48)39-11-12-53(49,50)51)20(5)28-15-29(22)40(25)38(41(27)30,42(26)35)43(28)36/h14-18,22-23H,8-13H2,1-7H3,(H-2,39,45,46,48,49,50,51)/p+2/t17-,18+,22-,23+,38-/m1/s1. The number of nitrogens with one attached hydrogen (secondary N) is 1. The molecule has 0 saturated heterocycles. The second-order valence-electron chi connectivity index (χ2n) is 15.0. The normalized spacial score (nSPS) is 25.5. The van der Waals surface area contributed by atoms with Crippen molar-refractivity contribution < 1.29 is 51.1 Å². The van der Waals surface area contributed by atoms with Gasteiger partial charge in [-0.3, -0.25) is 23.7 Å². The maximum atomic E-state index is 14.5. The SMILES string of the molecule is CC[C@H]1C2=Cc3c(C)c(C(=O)NCCS(=O)(=O)O)c4n3[C@@]35n6c(c(C)c(C(C)=O)c6=CC(=[N+]23)[C@@H]1C)=CC1=[N+]5C(=C4CC(=O)OC)[C@@H](CCC(=O)O)[C@@H]1C. The number of allylic oxidation sites excluding steroid dienone is 2. The van der Waals surface area contributed by atoms with Gasteiger partial charge in [-0.2, -0.15) is 17.6 Å². The summed E-state index contributed by atoms with van der Waals surface area (Å²) in [5, 5.41) is 14.2. The number of hydrogen-bond donors (Lipinski definition) is 3. The van der Waals surface area contributed by atoms with E-state index in [1.807, 2.05) is 13.8 Å². The van der Waals surface area contributed by atoms with Gasteiger partial charge in [-0.1, -0.05) is 29.9 Å². The van der Waals surface area contributed by atoms with Gasteiger partial charge < -0.3 is 15.2 Å². The van der Waals surface area contributed by atoms with E-state index < -0.39 is 39.6 Å². The van der Waals surface area contributed by atoms with E-state index in [1.165, 1.54) is 7.11 Å². The molecule has 8 heterocycles. The predicted molar refractivity (Wildman–Crippen MR) is 193 cm³/mol. The van der Waals surface area contributed by atoms with Gasteiger partial charge in [0.15, 0.2) is 22.9 Å². The summed E-state index contributed by atoms with van der Waals surface area (Å²) < 4.78 is 46.8. The first-order chi connectivity index (χ1) is 25.0. The first-order valence-corrected chi connectivity index (χ1v) is 19.6. The summed E-state index contributed by atoms with van der Waals surface area (Å²) in [7, 11) is -3.09. The van der Waals surface area contributed by atoms with Crippen molar-refractivity contribution in [3.8, 4) is 0 Å². The summed E-state index contributed by atoms with van der Waals surface area (Å²) in [6.07, 6.45) is 7.02. The van der Waals surface area contributed by atoms with Gasteiger partial charge in [0.1, 0.15) is 0 Å². The van der Waals surface area contributed by atoms with E-state index in [-0.39, 0.29) is 60.8 Å². The van der Waals surface area contributed by atoms with Crippen LogP contribution in [0.15, 0.2) is 11.4 Å². The number of nitrogens with zero attached hydrogens (tertiary/aromatic N) is 4. The molecule has 1 spiro atoms. The molecule has 5 atom stereocenters. The molecule has 6 aliphatic rings. The molecular weight excluding hydrogens is 703 g/mol. The highest BCUT2D eigenvalue weighted by atomic mass is 32.2. The Morgan fingerprint density at radius 1 is 0.962 bits per heavy atom. The largest absolute Gasteiger partial charge is 0.552 e. The van der Waals surface area contributed by atoms with Crippen LogP contribution in [-0.2, 0) is 30.4 Å². The number of carbonyl (C=O) groups is 4. The monoisotopic (exact) mass is 745 g/mol. The van der Waals surface area contributed by atoms with Crippen molar-refractivity contribution in [2.75, 3.05) is 19.4 Å². The highest BCUT2D eigenvalue weighted by Crippen LogP contribution is 2.56. The molecule has 6 aliphatic heterocycles. The lowest BCUT2D eigenvalue weighted by Gasteiger charge is -2.39. The number of carbonyl (C=O) groups excluding carboxylic acids is 3. The van der Waals surface area contributed by atoms with Crippen LogP contribution in [0.1, 0.15) is 96.6 Å². The van der Waals surface area contributed by atoms with E-state index in [4.69, 9.17) is 4.74 Å². The molecule has 278 valence electrons. The number of methoxy groups -OCH3 is 1. The van der Waals surface area contributed by atoms with E-state index in [0.717, 1.165) is 45.5 Å². The van der Waals surface area contributed by atoms with Crippen molar-refractivity contribution in [2.45, 2.75) is 73.1 Å². The van der Waals surface area contributed by atoms with Crippen molar-refractivity contribution in [3.05, 3.63) is 55.7 Å². The molecule has 3 N–H and O–H groups in total. The zero-order chi connectivity index (χ0) is 38.2. The number of rotatable bonds is 11. The Morgan fingerprint density at radius 3 is 2.25 bits per heavy atom. The number of aromatic nitrogens is 2. The molecule has 0 bridgehead atoms. The van der Waals surface area contributed by atoms with Gasteiger partial charge in [0.2, 0.25) is 5.70 Å². The number of ether oxygens (including phenoxy) is 1. The Bertz CT molecular complexity index is 2530. The van der Waals surface area contributed by atoms with Crippen LogP contribution >= 0.6 is 0 Å². The average molecular weight is 746 g/mol. The third-order valence-corrected chi connectivity index (χ3v) is 13.1. The van der Waals surface area contributed by atoms with Crippen molar-refractivity contribution in [3.63, 3.8) is 0 Å². The van der Waals surface area contributed by atoms with Crippen LogP contribution in [0.3, 0.4) is 0 Å². The summed E-state index contributed by atoms with van der Waals surface area (Å²) in [4.78, 5) is 53.6. The highest BCUT2D eigenvalue weighted by molar-refractivity contribution is 7.85. The molecule has 1 amide bonds. The molecule has 0 fully saturated rings. The van der Waals surface area contributed by atoms with Crippen LogP contribution in [0.5, 0.6) is 0 Å². The fraction of sp³-hybridized carbons (Fsp3) is 0.474. The van der Waals surface area contributed by atoms with E-state index in [2.05, 4.69) is 62.6 Å². The fourth-order valence-electron chi connectivity index (χ4n) is 10.2.